The van der Waals surface area contributed by atoms with Crippen molar-refractivity contribution in [1.29, 1.82) is 0 Å². The molecule has 0 bridgehead atoms. The van der Waals surface area contributed by atoms with Crippen LogP contribution in [0.25, 0.3) is 5.57 Å². The number of benzene rings is 1. The molecule has 0 saturated heterocycles. The maximum atomic E-state index is 11.8. The lowest BCUT2D eigenvalue weighted by atomic mass is 9.84. The van der Waals surface area contributed by atoms with Crippen molar-refractivity contribution in [3.05, 3.63) is 64.2 Å². The molecule has 1 unspecified atom stereocenters. The monoisotopic (exact) mass is 259 g/mol. The molecule has 0 N–H and O–H groups in total. The number of hydrogen-bond donors (Lipinski definition) is 0. The van der Waals surface area contributed by atoms with E-state index in [0.29, 0.717) is 0 Å². The van der Waals surface area contributed by atoms with Crippen molar-refractivity contribution in [2.45, 2.75) is 12.0 Å². The first kappa shape index (κ1) is 13.0. The quantitative estimate of drug-likeness (QED) is 0.474. The van der Waals surface area contributed by atoms with Crippen LogP contribution in [-0.4, -0.2) is 23.5 Å². The molecule has 0 aliphatic heterocycles. The summed E-state index contributed by atoms with van der Waals surface area (Å²) in [6.07, 6.45) is 4.59. The Morgan fingerprint density at radius 3 is 2.63 bits per heavy atom. The number of nitrogens with zero attached hydrogens (tertiary/aromatic N) is 1. The zero-order valence-corrected chi connectivity index (χ0v) is 10.4. The van der Waals surface area contributed by atoms with Gasteiger partial charge in [-0.1, -0.05) is 42.5 Å². The number of nitro groups is 1. The maximum Gasteiger partial charge on any atom is 0.389 e. The van der Waals surface area contributed by atoms with Crippen LogP contribution in [0.1, 0.15) is 12.0 Å². The summed E-state index contributed by atoms with van der Waals surface area (Å²) in [4.78, 5) is 22.5. The van der Waals surface area contributed by atoms with E-state index in [2.05, 4.69) is 4.74 Å². The molecule has 0 radical (unpaired) electrons. The molecule has 98 valence electrons. The Labute approximate surface area is 110 Å². The molecule has 0 heterocycles. The Balaban J connectivity index is 2.39. The van der Waals surface area contributed by atoms with Gasteiger partial charge in [0.2, 0.25) is 0 Å². The molecular formula is C14H13NO4. The second-order valence-corrected chi connectivity index (χ2v) is 4.27. The van der Waals surface area contributed by atoms with Gasteiger partial charge in [0.25, 0.3) is 0 Å². The number of allylic oxidation sites excluding steroid dienone is 2. The summed E-state index contributed by atoms with van der Waals surface area (Å²) in [5.41, 5.74) is -0.221. The molecule has 0 saturated carbocycles. The van der Waals surface area contributed by atoms with E-state index < -0.39 is 16.4 Å². The molecule has 2 rings (SSSR count). The van der Waals surface area contributed by atoms with Crippen LogP contribution < -0.4 is 0 Å². The number of carbonyl (C=O) groups excluding carboxylic acids is 1. The number of ether oxygens (including phenoxy) is 1. The Morgan fingerprint density at radius 2 is 2.05 bits per heavy atom. The van der Waals surface area contributed by atoms with E-state index in [1.807, 2.05) is 30.3 Å². The molecule has 1 aromatic rings. The van der Waals surface area contributed by atoms with Crippen molar-refractivity contribution in [3.8, 4) is 0 Å². The third kappa shape index (κ3) is 2.27. The van der Waals surface area contributed by atoms with E-state index in [9.17, 15) is 14.9 Å². The Morgan fingerprint density at radius 1 is 1.37 bits per heavy atom. The van der Waals surface area contributed by atoms with Gasteiger partial charge < -0.3 is 4.74 Å². The molecule has 19 heavy (non-hydrogen) atoms. The fourth-order valence-electron chi connectivity index (χ4n) is 2.10. The van der Waals surface area contributed by atoms with Crippen molar-refractivity contribution in [1.82, 2.24) is 0 Å². The highest BCUT2D eigenvalue weighted by Gasteiger charge is 2.51. The van der Waals surface area contributed by atoms with E-state index in [4.69, 9.17) is 0 Å². The van der Waals surface area contributed by atoms with Crippen LogP contribution in [-0.2, 0) is 9.53 Å². The summed E-state index contributed by atoms with van der Waals surface area (Å²) >= 11 is 0. The summed E-state index contributed by atoms with van der Waals surface area (Å²) in [6, 6.07) is 9.27. The number of methoxy groups -OCH3 is 1. The first-order chi connectivity index (χ1) is 9.10. The Bertz CT molecular complexity index is 562. The van der Waals surface area contributed by atoms with Gasteiger partial charge in [-0.05, 0) is 11.1 Å². The molecule has 1 atom stereocenters. The average molecular weight is 259 g/mol. The molecule has 0 amide bonds. The Hall–Kier alpha value is -2.43. The summed E-state index contributed by atoms with van der Waals surface area (Å²) in [7, 11) is 1.15. The van der Waals surface area contributed by atoms with Crippen molar-refractivity contribution >= 4 is 11.5 Å². The minimum Gasteiger partial charge on any atom is -0.463 e. The maximum absolute atomic E-state index is 11.8. The summed E-state index contributed by atoms with van der Waals surface area (Å²) < 4.78 is 4.58. The first-order valence-electron chi connectivity index (χ1n) is 5.77. The van der Waals surface area contributed by atoms with Crippen LogP contribution in [0.2, 0.25) is 0 Å². The molecule has 5 heteroatoms. The van der Waals surface area contributed by atoms with Gasteiger partial charge in [0.05, 0.1) is 13.5 Å². The molecule has 1 aliphatic carbocycles. The fraction of sp³-hybridized carbons (Fsp3) is 0.214. The lowest BCUT2D eigenvalue weighted by Crippen LogP contribution is -2.46. The van der Waals surface area contributed by atoms with Crippen molar-refractivity contribution in [2.24, 2.45) is 0 Å². The van der Waals surface area contributed by atoms with Gasteiger partial charge >= 0.3 is 11.5 Å². The predicted molar refractivity (Wildman–Crippen MR) is 69.9 cm³/mol. The number of esters is 1. The minimum atomic E-state index is -1.82. The van der Waals surface area contributed by atoms with Gasteiger partial charge in [0.1, 0.15) is 0 Å². The van der Waals surface area contributed by atoms with Crippen LogP contribution >= 0.6 is 0 Å². The van der Waals surface area contributed by atoms with Crippen LogP contribution in [0.15, 0.2) is 48.6 Å². The highest BCUT2D eigenvalue weighted by molar-refractivity contribution is 5.86. The van der Waals surface area contributed by atoms with Gasteiger partial charge in [-0.2, -0.15) is 0 Å². The molecule has 1 aliphatic rings. The van der Waals surface area contributed by atoms with Crippen molar-refractivity contribution in [3.63, 3.8) is 0 Å². The van der Waals surface area contributed by atoms with E-state index in [0.717, 1.165) is 18.2 Å². The predicted octanol–water partition coefficient (Wildman–Crippen LogP) is 2.22. The van der Waals surface area contributed by atoms with Crippen LogP contribution in [0.5, 0.6) is 0 Å². The smallest absolute Gasteiger partial charge is 0.389 e. The summed E-state index contributed by atoms with van der Waals surface area (Å²) in [5, 5.41) is 11.3. The average Bonchev–Trinajstić information content (AvgIpc) is 2.47. The minimum absolute atomic E-state index is 0.00676. The second kappa shape index (κ2) is 5.06. The summed E-state index contributed by atoms with van der Waals surface area (Å²) in [5.74, 6) is -0.852. The van der Waals surface area contributed by atoms with E-state index in [-0.39, 0.29) is 6.42 Å². The third-order valence-electron chi connectivity index (χ3n) is 3.14. The topological polar surface area (TPSA) is 69.4 Å². The van der Waals surface area contributed by atoms with Gasteiger partial charge in [0, 0.05) is 11.0 Å². The molecular weight excluding hydrogens is 246 g/mol. The molecule has 0 spiro atoms. The van der Waals surface area contributed by atoms with E-state index in [1.165, 1.54) is 12.2 Å². The molecule has 5 nitrogen and oxygen atoms in total. The number of hydrogen-bond acceptors (Lipinski definition) is 4. The molecule has 1 aromatic carbocycles. The fourth-order valence-corrected chi connectivity index (χ4v) is 2.10. The van der Waals surface area contributed by atoms with Gasteiger partial charge in [0.15, 0.2) is 0 Å². The largest absolute Gasteiger partial charge is 0.463 e. The SMILES string of the molecule is COC(=O)C1([N+](=O)[O-])C=CC=C(c2ccccc2)C1. The van der Waals surface area contributed by atoms with Gasteiger partial charge in [-0.3, -0.25) is 10.1 Å². The Kier molecular flexibility index (Phi) is 3.46. The molecule has 0 fully saturated rings. The normalized spacial score (nSPS) is 21.6. The van der Waals surface area contributed by atoms with Crippen LogP contribution in [0, 0.1) is 10.1 Å². The van der Waals surface area contributed by atoms with Gasteiger partial charge in [-0.15, -0.1) is 0 Å². The lowest BCUT2D eigenvalue weighted by Gasteiger charge is -2.23. The highest BCUT2D eigenvalue weighted by atomic mass is 16.6. The van der Waals surface area contributed by atoms with Crippen LogP contribution in [0.3, 0.4) is 0 Å². The zero-order valence-electron chi connectivity index (χ0n) is 10.4. The van der Waals surface area contributed by atoms with Crippen LogP contribution in [0.4, 0.5) is 0 Å². The van der Waals surface area contributed by atoms with Gasteiger partial charge in [-0.25, -0.2) is 4.79 Å². The second-order valence-electron chi connectivity index (χ2n) is 4.27. The van der Waals surface area contributed by atoms with E-state index in [1.54, 1.807) is 6.08 Å². The molecule has 0 aromatic heterocycles. The standard InChI is InChI=1S/C14H13NO4/c1-19-13(16)14(15(17)18)9-5-8-12(10-14)11-6-3-2-4-7-11/h2-9H,10H2,1H3. The highest BCUT2D eigenvalue weighted by Crippen LogP contribution is 2.33. The lowest BCUT2D eigenvalue weighted by molar-refractivity contribution is -0.539. The number of rotatable bonds is 3. The summed E-state index contributed by atoms with van der Waals surface area (Å²) in [6.45, 7) is 0. The third-order valence-corrected chi connectivity index (χ3v) is 3.14. The zero-order chi connectivity index (χ0) is 13.9. The first-order valence-corrected chi connectivity index (χ1v) is 5.77. The van der Waals surface area contributed by atoms with Crippen molar-refractivity contribution < 1.29 is 14.5 Å². The van der Waals surface area contributed by atoms with Crippen molar-refractivity contribution in [2.75, 3.05) is 7.11 Å². The van der Waals surface area contributed by atoms with E-state index >= 15 is 0 Å². The number of carbonyl (C=O) groups is 1.